The molecule has 32 heavy (non-hydrogen) atoms. The number of carbonyl (C=O) groups excluding carboxylic acids is 2. The molecule has 1 aromatic carbocycles. The van der Waals surface area contributed by atoms with Crippen LogP contribution in [0.2, 0.25) is 5.02 Å². The average molecular weight is 455 g/mol. The van der Waals surface area contributed by atoms with Crippen LogP contribution < -0.4 is 0 Å². The van der Waals surface area contributed by atoms with Gasteiger partial charge in [-0.2, -0.15) is 0 Å². The summed E-state index contributed by atoms with van der Waals surface area (Å²) in [6.07, 6.45) is 1.81. The molecule has 0 fully saturated rings. The fourth-order valence-corrected chi connectivity index (χ4v) is 4.30. The minimum absolute atomic E-state index is 0.164. The fourth-order valence-electron chi connectivity index (χ4n) is 4.12. The van der Waals surface area contributed by atoms with Gasteiger partial charge >= 0.3 is 5.97 Å². The van der Waals surface area contributed by atoms with Crippen molar-refractivity contribution in [2.24, 2.45) is 5.92 Å². The Bertz CT molecular complexity index is 1140. The summed E-state index contributed by atoms with van der Waals surface area (Å²) in [6.45, 7) is 14.5. The van der Waals surface area contributed by atoms with Crippen molar-refractivity contribution < 1.29 is 14.3 Å². The molecule has 1 aliphatic rings. The van der Waals surface area contributed by atoms with Crippen LogP contribution in [-0.2, 0) is 14.3 Å². The van der Waals surface area contributed by atoms with Gasteiger partial charge in [0, 0.05) is 34.3 Å². The predicted octanol–water partition coefficient (Wildman–Crippen LogP) is 5.77. The second kappa shape index (κ2) is 9.37. The van der Waals surface area contributed by atoms with E-state index in [1.807, 2.05) is 71.9 Å². The number of benzene rings is 1. The molecule has 3 rings (SSSR count). The van der Waals surface area contributed by atoms with Crippen molar-refractivity contribution in [1.29, 1.82) is 0 Å². The molecule has 0 aliphatic carbocycles. The highest BCUT2D eigenvalue weighted by molar-refractivity contribution is 6.31. The van der Waals surface area contributed by atoms with Gasteiger partial charge in [-0.3, -0.25) is 4.79 Å². The maximum atomic E-state index is 13.3. The van der Waals surface area contributed by atoms with Crippen molar-refractivity contribution in [1.82, 2.24) is 9.47 Å². The Balaban J connectivity index is 2.12. The number of esters is 1. The van der Waals surface area contributed by atoms with E-state index in [4.69, 9.17) is 16.3 Å². The second-order valence-corrected chi connectivity index (χ2v) is 9.05. The van der Waals surface area contributed by atoms with Crippen LogP contribution in [0.4, 0.5) is 0 Å². The third-order valence-electron chi connectivity index (χ3n) is 5.72. The first-order valence-corrected chi connectivity index (χ1v) is 11.3. The Hall–Kier alpha value is -2.79. The first-order valence-electron chi connectivity index (χ1n) is 10.9. The average Bonchev–Trinajstić information content (AvgIpc) is 3.11. The number of allylic oxidation sites excluding steroid dienone is 1. The Labute approximate surface area is 195 Å². The highest BCUT2D eigenvalue weighted by Gasteiger charge is 2.37. The standard InChI is InChI=1S/C26H31ClN2O3/c1-8-32-26(31)24-19(7)28(14-15(2)3)25(30)22(24)12-20-11-17(5)29(18(20)6)21-10-9-16(4)23(27)13-21/h9-13,15H,8,14H2,1-7H3/b22-12-. The normalized spacial score (nSPS) is 15.5. The summed E-state index contributed by atoms with van der Waals surface area (Å²) in [6, 6.07) is 7.97. The minimum Gasteiger partial charge on any atom is -0.462 e. The quantitative estimate of drug-likeness (QED) is 0.411. The highest BCUT2D eigenvalue weighted by atomic mass is 35.5. The monoisotopic (exact) mass is 454 g/mol. The highest BCUT2D eigenvalue weighted by Crippen LogP contribution is 2.34. The summed E-state index contributed by atoms with van der Waals surface area (Å²) < 4.78 is 7.38. The van der Waals surface area contributed by atoms with E-state index in [2.05, 4.69) is 4.57 Å². The summed E-state index contributed by atoms with van der Waals surface area (Å²) in [5.74, 6) is -0.356. The number of ether oxygens (including phenoxy) is 1. The summed E-state index contributed by atoms with van der Waals surface area (Å²) in [5.41, 5.74) is 6.20. The molecule has 1 aliphatic heterocycles. The molecular weight excluding hydrogens is 424 g/mol. The van der Waals surface area contributed by atoms with E-state index >= 15 is 0 Å². The SMILES string of the molecule is CCOC(=O)C1=C(C)N(CC(C)C)C(=O)/C1=C\c1cc(C)n(-c2ccc(C)c(Cl)c2)c1C. The minimum atomic E-state index is -0.463. The fraction of sp³-hybridized carbons (Fsp3) is 0.385. The Kier molecular flexibility index (Phi) is 6.99. The lowest BCUT2D eigenvalue weighted by molar-refractivity contribution is -0.138. The maximum absolute atomic E-state index is 13.3. The van der Waals surface area contributed by atoms with E-state index in [-0.39, 0.29) is 18.4 Å². The number of aromatic nitrogens is 1. The molecular formula is C26H31ClN2O3. The summed E-state index contributed by atoms with van der Waals surface area (Å²) in [7, 11) is 0. The van der Waals surface area contributed by atoms with Crippen molar-refractivity contribution >= 4 is 29.6 Å². The Morgan fingerprint density at radius 2 is 1.84 bits per heavy atom. The lowest BCUT2D eigenvalue weighted by Crippen LogP contribution is -2.28. The van der Waals surface area contributed by atoms with E-state index in [9.17, 15) is 9.59 Å². The number of aryl methyl sites for hydroxylation is 2. The molecule has 0 unspecified atom stereocenters. The van der Waals surface area contributed by atoms with Gasteiger partial charge in [0.1, 0.15) is 0 Å². The van der Waals surface area contributed by atoms with Crippen molar-refractivity contribution in [3.8, 4) is 5.69 Å². The van der Waals surface area contributed by atoms with Crippen LogP contribution >= 0.6 is 11.6 Å². The molecule has 0 N–H and O–H groups in total. The van der Waals surface area contributed by atoms with Gasteiger partial charge < -0.3 is 14.2 Å². The van der Waals surface area contributed by atoms with E-state index < -0.39 is 5.97 Å². The molecule has 6 heteroatoms. The molecule has 1 aromatic heterocycles. The number of halogens is 1. The van der Waals surface area contributed by atoms with Gasteiger partial charge in [-0.25, -0.2) is 4.79 Å². The zero-order valence-electron chi connectivity index (χ0n) is 19.9. The molecule has 2 aromatic rings. The third-order valence-corrected chi connectivity index (χ3v) is 6.13. The molecule has 0 saturated heterocycles. The van der Waals surface area contributed by atoms with Crippen LogP contribution in [0.1, 0.15) is 50.2 Å². The van der Waals surface area contributed by atoms with Crippen molar-refractivity contribution in [2.45, 2.75) is 48.5 Å². The number of amides is 1. The van der Waals surface area contributed by atoms with Crippen LogP contribution in [0.5, 0.6) is 0 Å². The second-order valence-electron chi connectivity index (χ2n) is 8.64. The number of rotatable bonds is 6. The number of nitrogens with zero attached hydrogens (tertiary/aromatic N) is 2. The molecule has 0 atom stereocenters. The molecule has 0 saturated carbocycles. The predicted molar refractivity (Wildman–Crippen MR) is 129 cm³/mol. The molecule has 0 spiro atoms. The zero-order chi connectivity index (χ0) is 23.7. The Morgan fingerprint density at radius 1 is 1.16 bits per heavy atom. The van der Waals surface area contributed by atoms with Crippen LogP contribution in [0, 0.1) is 26.7 Å². The van der Waals surface area contributed by atoms with E-state index in [0.29, 0.717) is 28.4 Å². The molecule has 0 bridgehead atoms. The van der Waals surface area contributed by atoms with Crippen LogP contribution in [0.25, 0.3) is 11.8 Å². The van der Waals surface area contributed by atoms with Gasteiger partial charge in [-0.1, -0.05) is 31.5 Å². The lowest BCUT2D eigenvalue weighted by atomic mass is 10.0. The van der Waals surface area contributed by atoms with Gasteiger partial charge in [-0.05, 0) is 75.9 Å². The first kappa shape index (κ1) is 23.9. The summed E-state index contributed by atoms with van der Waals surface area (Å²) in [4.78, 5) is 27.8. The number of hydrogen-bond acceptors (Lipinski definition) is 3. The van der Waals surface area contributed by atoms with Crippen molar-refractivity contribution in [3.05, 3.63) is 68.6 Å². The van der Waals surface area contributed by atoms with Gasteiger partial charge in [0.2, 0.25) is 0 Å². The molecule has 0 radical (unpaired) electrons. The molecule has 5 nitrogen and oxygen atoms in total. The Morgan fingerprint density at radius 3 is 2.44 bits per heavy atom. The molecule has 2 heterocycles. The summed E-state index contributed by atoms with van der Waals surface area (Å²) in [5, 5.41) is 0.702. The number of carbonyl (C=O) groups is 2. The van der Waals surface area contributed by atoms with Crippen LogP contribution in [0.3, 0.4) is 0 Å². The van der Waals surface area contributed by atoms with Gasteiger partial charge in [0.05, 0.1) is 17.8 Å². The van der Waals surface area contributed by atoms with Crippen LogP contribution in [0.15, 0.2) is 41.1 Å². The van der Waals surface area contributed by atoms with Gasteiger partial charge in [0.15, 0.2) is 0 Å². The van der Waals surface area contributed by atoms with E-state index in [1.165, 1.54) is 0 Å². The van der Waals surface area contributed by atoms with Crippen LogP contribution in [-0.4, -0.2) is 34.5 Å². The smallest absolute Gasteiger partial charge is 0.340 e. The van der Waals surface area contributed by atoms with Gasteiger partial charge in [-0.15, -0.1) is 0 Å². The maximum Gasteiger partial charge on any atom is 0.340 e. The van der Waals surface area contributed by atoms with Crippen molar-refractivity contribution in [2.75, 3.05) is 13.2 Å². The zero-order valence-corrected chi connectivity index (χ0v) is 20.6. The lowest BCUT2D eigenvalue weighted by Gasteiger charge is -2.19. The first-order chi connectivity index (χ1) is 15.1. The van der Waals surface area contributed by atoms with E-state index in [0.717, 1.165) is 28.2 Å². The van der Waals surface area contributed by atoms with E-state index in [1.54, 1.807) is 11.8 Å². The molecule has 170 valence electrons. The summed E-state index contributed by atoms with van der Waals surface area (Å²) >= 11 is 6.36. The van der Waals surface area contributed by atoms with Crippen molar-refractivity contribution in [3.63, 3.8) is 0 Å². The topological polar surface area (TPSA) is 51.5 Å². The third kappa shape index (κ3) is 4.40. The number of hydrogen-bond donors (Lipinski definition) is 0. The molecule has 1 amide bonds. The van der Waals surface area contributed by atoms with Gasteiger partial charge in [0.25, 0.3) is 5.91 Å². The largest absolute Gasteiger partial charge is 0.462 e.